The molecule has 0 aliphatic rings. The summed E-state index contributed by atoms with van der Waals surface area (Å²) in [4.78, 5) is 8.46. The molecule has 0 aromatic carbocycles. The zero-order valence-electron chi connectivity index (χ0n) is 7.55. The van der Waals surface area contributed by atoms with Gasteiger partial charge in [0.1, 0.15) is 12.0 Å². The summed E-state index contributed by atoms with van der Waals surface area (Å²) in [5.74, 6) is -2.49. The molecule has 7 heteroatoms. The normalized spacial score (nSPS) is 12.9. The smallest absolute Gasteiger partial charge is 0.361 e. The number of nitriles is 1. The first-order valence-corrected chi connectivity index (χ1v) is 3.84. The Kier molecular flexibility index (Phi) is 2.67. The maximum atomic E-state index is 12.3. The van der Waals surface area contributed by atoms with Crippen LogP contribution in [0.15, 0.2) is 0 Å². The van der Waals surface area contributed by atoms with Gasteiger partial charge in [0.05, 0.1) is 0 Å². The average molecular weight is 214 g/mol. The quantitative estimate of drug-likeness (QED) is 0.730. The van der Waals surface area contributed by atoms with E-state index in [4.69, 9.17) is 11.8 Å². The minimum Gasteiger partial charge on any atom is -0.361 e. The number of imidazole rings is 1. The fourth-order valence-electron chi connectivity index (χ4n) is 0.901. The fourth-order valence-corrected chi connectivity index (χ4v) is 0.901. The Labute approximate surface area is 83.2 Å². The van der Waals surface area contributed by atoms with Crippen molar-refractivity contribution in [1.82, 2.24) is 9.97 Å². The van der Waals surface area contributed by atoms with Crippen molar-refractivity contribution in [2.24, 2.45) is 0 Å². The third-order valence-electron chi connectivity index (χ3n) is 1.82. The Bertz CT molecular complexity index is 414. The number of hydrogen-bond donors (Lipinski definition) is 1. The highest BCUT2D eigenvalue weighted by Gasteiger charge is 2.40. The summed E-state index contributed by atoms with van der Waals surface area (Å²) in [7, 11) is 0. The fraction of sp³-hybridized carbons (Fsp3) is 0.375. The minimum atomic E-state index is -4.44. The van der Waals surface area contributed by atoms with Crippen LogP contribution in [0.3, 0.4) is 0 Å². The number of hydrogen-bond acceptors (Lipinski definition) is 2. The monoisotopic (exact) mass is 214 g/mol. The van der Waals surface area contributed by atoms with Gasteiger partial charge in [-0.1, -0.05) is 6.57 Å². The van der Waals surface area contributed by atoms with Crippen LogP contribution >= 0.6 is 0 Å². The lowest BCUT2D eigenvalue weighted by Gasteiger charge is -2.10. The molecule has 1 rings (SSSR count). The SMILES string of the molecule is [C-]#[N+]c1[nH]c(C(C)C(F)(F)F)nc1C#N. The highest BCUT2D eigenvalue weighted by molar-refractivity contribution is 5.49. The van der Waals surface area contributed by atoms with E-state index in [0.717, 1.165) is 6.92 Å². The van der Waals surface area contributed by atoms with E-state index in [9.17, 15) is 13.2 Å². The number of nitrogens with zero attached hydrogens (tertiary/aromatic N) is 3. The van der Waals surface area contributed by atoms with Gasteiger partial charge in [-0.05, 0) is 6.92 Å². The van der Waals surface area contributed by atoms with Gasteiger partial charge in [-0.2, -0.15) is 18.4 Å². The summed E-state index contributed by atoms with van der Waals surface area (Å²) in [6.45, 7) is 7.53. The molecule has 0 aliphatic heterocycles. The van der Waals surface area contributed by atoms with Crippen molar-refractivity contribution in [3.63, 3.8) is 0 Å². The lowest BCUT2D eigenvalue weighted by Crippen LogP contribution is -2.18. The molecule has 78 valence electrons. The molecule has 1 atom stereocenters. The molecule has 1 N–H and O–H groups in total. The van der Waals surface area contributed by atoms with Crippen molar-refractivity contribution in [3.8, 4) is 6.07 Å². The first-order chi connectivity index (χ1) is 6.90. The number of aromatic nitrogens is 2. The second-order valence-electron chi connectivity index (χ2n) is 2.81. The van der Waals surface area contributed by atoms with Gasteiger partial charge in [0.2, 0.25) is 0 Å². The van der Waals surface area contributed by atoms with Gasteiger partial charge in [0, 0.05) is 0 Å². The summed E-state index contributed by atoms with van der Waals surface area (Å²) >= 11 is 0. The largest absolute Gasteiger partial charge is 0.400 e. The van der Waals surface area contributed by atoms with Gasteiger partial charge in [-0.15, -0.1) is 0 Å². The van der Waals surface area contributed by atoms with Crippen LogP contribution in [-0.4, -0.2) is 16.1 Å². The summed E-state index contributed by atoms with van der Waals surface area (Å²) in [6, 6.07) is 1.55. The Morgan fingerprint density at radius 2 is 2.20 bits per heavy atom. The molecule has 15 heavy (non-hydrogen) atoms. The summed E-state index contributed by atoms with van der Waals surface area (Å²) in [5.41, 5.74) is -0.309. The Morgan fingerprint density at radius 3 is 2.53 bits per heavy atom. The molecule has 1 aromatic heterocycles. The zero-order valence-corrected chi connectivity index (χ0v) is 7.55. The molecule has 1 unspecified atom stereocenters. The molecule has 0 saturated carbocycles. The van der Waals surface area contributed by atoms with Gasteiger partial charge in [-0.3, -0.25) is 4.98 Å². The molecule has 0 bridgehead atoms. The molecular weight excluding hydrogens is 209 g/mol. The third kappa shape index (κ3) is 2.08. The molecular formula is C8H5F3N4. The van der Waals surface area contributed by atoms with Crippen molar-refractivity contribution < 1.29 is 13.2 Å². The maximum Gasteiger partial charge on any atom is 0.400 e. The predicted octanol–water partition coefficient (Wildman–Crippen LogP) is 2.50. The lowest BCUT2D eigenvalue weighted by atomic mass is 10.1. The number of alkyl halides is 3. The Balaban J connectivity index is 3.15. The molecule has 0 amide bonds. The average Bonchev–Trinajstić information content (AvgIpc) is 2.57. The Hall–Kier alpha value is -2.02. The molecule has 4 nitrogen and oxygen atoms in total. The molecule has 0 aliphatic carbocycles. The zero-order chi connectivity index (χ0) is 11.6. The van der Waals surface area contributed by atoms with Crippen LogP contribution in [0, 0.1) is 17.9 Å². The van der Waals surface area contributed by atoms with E-state index in [1.165, 1.54) is 0 Å². The second kappa shape index (κ2) is 3.62. The molecule has 1 heterocycles. The van der Waals surface area contributed by atoms with E-state index in [1.54, 1.807) is 6.07 Å². The predicted molar refractivity (Wildman–Crippen MR) is 44.0 cm³/mol. The van der Waals surface area contributed by atoms with Crippen LogP contribution < -0.4 is 0 Å². The lowest BCUT2D eigenvalue weighted by molar-refractivity contribution is -0.147. The van der Waals surface area contributed by atoms with Crippen LogP contribution in [0.4, 0.5) is 19.0 Å². The van der Waals surface area contributed by atoms with Crippen LogP contribution in [0.25, 0.3) is 4.85 Å². The van der Waals surface area contributed by atoms with E-state index in [1.807, 2.05) is 0 Å². The molecule has 0 radical (unpaired) electrons. The van der Waals surface area contributed by atoms with Gasteiger partial charge in [0.15, 0.2) is 11.5 Å². The number of rotatable bonds is 1. The van der Waals surface area contributed by atoms with Crippen molar-refractivity contribution in [3.05, 3.63) is 22.9 Å². The Morgan fingerprint density at radius 1 is 1.60 bits per heavy atom. The minimum absolute atomic E-state index is 0.261. The van der Waals surface area contributed by atoms with Gasteiger partial charge >= 0.3 is 6.18 Å². The second-order valence-corrected chi connectivity index (χ2v) is 2.81. The highest BCUT2D eigenvalue weighted by Crippen LogP contribution is 2.34. The molecule has 0 saturated heterocycles. The number of halogens is 3. The topological polar surface area (TPSA) is 56.8 Å². The van der Waals surface area contributed by atoms with E-state index >= 15 is 0 Å². The highest BCUT2D eigenvalue weighted by atomic mass is 19.4. The number of aromatic amines is 1. The van der Waals surface area contributed by atoms with Crippen molar-refractivity contribution in [1.29, 1.82) is 5.26 Å². The maximum absolute atomic E-state index is 12.3. The van der Waals surface area contributed by atoms with Crippen LogP contribution in [-0.2, 0) is 0 Å². The summed E-state index contributed by atoms with van der Waals surface area (Å²) < 4.78 is 36.8. The summed E-state index contributed by atoms with van der Waals surface area (Å²) in [5, 5.41) is 8.49. The van der Waals surface area contributed by atoms with Crippen molar-refractivity contribution in [2.45, 2.75) is 19.0 Å². The van der Waals surface area contributed by atoms with Crippen LogP contribution in [0.1, 0.15) is 24.4 Å². The van der Waals surface area contributed by atoms with Crippen molar-refractivity contribution >= 4 is 5.82 Å². The van der Waals surface area contributed by atoms with E-state index in [2.05, 4.69) is 14.8 Å². The molecule has 1 aromatic rings. The molecule has 0 spiro atoms. The van der Waals surface area contributed by atoms with Crippen LogP contribution in [0.2, 0.25) is 0 Å². The van der Waals surface area contributed by atoms with Gasteiger partial charge in [0.25, 0.3) is 5.82 Å². The van der Waals surface area contributed by atoms with E-state index in [-0.39, 0.29) is 11.5 Å². The summed E-state index contributed by atoms with van der Waals surface area (Å²) in [6.07, 6.45) is -4.44. The first kappa shape index (κ1) is 11.1. The number of H-pyrrole nitrogens is 1. The third-order valence-corrected chi connectivity index (χ3v) is 1.82. The van der Waals surface area contributed by atoms with E-state index in [0.29, 0.717) is 0 Å². The van der Waals surface area contributed by atoms with E-state index < -0.39 is 17.9 Å². The van der Waals surface area contributed by atoms with Gasteiger partial charge in [-0.25, -0.2) is 4.98 Å². The van der Waals surface area contributed by atoms with Gasteiger partial charge < -0.3 is 4.85 Å². The van der Waals surface area contributed by atoms with Crippen LogP contribution in [0.5, 0.6) is 0 Å². The standard InChI is InChI=1S/C8H5F3N4/c1-4(8(9,10)11)6-14-5(3-12)7(13-2)15-6/h4H,1H3,(H,14,15). The first-order valence-electron chi connectivity index (χ1n) is 3.84. The number of nitrogens with one attached hydrogen (secondary N) is 1. The molecule has 0 fully saturated rings. The van der Waals surface area contributed by atoms with Crippen molar-refractivity contribution in [2.75, 3.05) is 0 Å².